The Kier molecular flexibility index (Phi) is 37.9. The second-order valence-corrected chi connectivity index (χ2v) is 12.9. The number of hydrogen-bond acceptors (Lipinski definition) is 10. The Hall–Kier alpha value is -1.87. The van der Waals surface area contributed by atoms with Gasteiger partial charge in [0.15, 0.2) is 0 Å². The predicted molar refractivity (Wildman–Crippen MR) is 202 cm³/mol. The number of amides is 3. The van der Waals surface area contributed by atoms with Crippen molar-refractivity contribution < 1.29 is 42.8 Å². The average molecular weight is 733 g/mol. The number of ether oxygens (including phenoxy) is 6. The molecule has 0 saturated heterocycles. The van der Waals surface area contributed by atoms with Crippen LogP contribution in [0, 0.1) is 0 Å². The molecule has 302 valence electrons. The molecule has 13 heteroatoms. The Morgan fingerprint density at radius 1 is 0.471 bits per heavy atom. The van der Waals surface area contributed by atoms with Gasteiger partial charge in [0.05, 0.1) is 85.7 Å². The highest BCUT2D eigenvalue weighted by atomic mass is 16.5. The van der Waals surface area contributed by atoms with E-state index in [0.29, 0.717) is 112 Å². The lowest BCUT2D eigenvalue weighted by molar-refractivity contribution is -0.134. The molecule has 0 spiro atoms. The summed E-state index contributed by atoms with van der Waals surface area (Å²) in [6, 6.07) is 0. The summed E-state index contributed by atoms with van der Waals surface area (Å²) >= 11 is 0. The molecule has 0 aromatic rings. The topological polar surface area (TPSA) is 151 Å². The number of nitrogens with two attached hydrogens (primary N) is 1. The molecule has 0 radical (unpaired) electrons. The van der Waals surface area contributed by atoms with Crippen molar-refractivity contribution in [1.82, 2.24) is 15.1 Å². The lowest BCUT2D eigenvalue weighted by atomic mass is 10.0. The van der Waals surface area contributed by atoms with E-state index in [1.807, 2.05) is 7.05 Å². The third-order valence-corrected chi connectivity index (χ3v) is 8.37. The minimum Gasteiger partial charge on any atom is -0.379 e. The third kappa shape index (κ3) is 36.3. The molecule has 0 aliphatic rings. The van der Waals surface area contributed by atoms with Crippen molar-refractivity contribution in [2.45, 2.75) is 110 Å². The van der Waals surface area contributed by atoms with Gasteiger partial charge in [-0.05, 0) is 6.42 Å². The summed E-state index contributed by atoms with van der Waals surface area (Å²) in [7, 11) is 3.58. The largest absolute Gasteiger partial charge is 0.379 e. The number of nitrogens with zero attached hydrogens (tertiary/aromatic N) is 2. The first-order valence-corrected chi connectivity index (χ1v) is 19.8. The fraction of sp³-hybridized carbons (Fsp3) is 0.921. The number of rotatable bonds is 40. The number of carbonyl (C=O) groups excluding carboxylic acids is 3. The minimum absolute atomic E-state index is 0.00732. The van der Waals surface area contributed by atoms with Crippen LogP contribution >= 0.6 is 0 Å². The van der Waals surface area contributed by atoms with Gasteiger partial charge >= 0.3 is 0 Å². The van der Waals surface area contributed by atoms with Crippen LogP contribution in [0.2, 0.25) is 0 Å². The molecule has 0 rings (SSSR count). The van der Waals surface area contributed by atoms with Crippen LogP contribution in [0.15, 0.2) is 0 Å². The first-order chi connectivity index (χ1) is 24.9. The summed E-state index contributed by atoms with van der Waals surface area (Å²) in [5.41, 5.74) is 5.33. The fourth-order valence-corrected chi connectivity index (χ4v) is 5.07. The van der Waals surface area contributed by atoms with E-state index in [0.717, 1.165) is 12.8 Å². The van der Waals surface area contributed by atoms with E-state index >= 15 is 0 Å². The lowest BCUT2D eigenvalue weighted by Crippen LogP contribution is -2.37. The zero-order valence-electron chi connectivity index (χ0n) is 32.8. The summed E-state index contributed by atoms with van der Waals surface area (Å²) in [6.07, 6.45) is 17.9. The highest BCUT2D eigenvalue weighted by Gasteiger charge is 2.13. The molecule has 0 aromatic carbocycles. The summed E-state index contributed by atoms with van der Waals surface area (Å²) in [5, 5.41) is 2.79. The maximum atomic E-state index is 12.5. The van der Waals surface area contributed by atoms with Crippen LogP contribution in [0.1, 0.15) is 110 Å². The quantitative estimate of drug-likeness (QED) is 0.0872. The molecule has 0 aliphatic heterocycles. The number of nitrogens with one attached hydrogen (secondary N) is 1. The van der Waals surface area contributed by atoms with Crippen molar-refractivity contribution in [3.05, 3.63) is 0 Å². The zero-order valence-corrected chi connectivity index (χ0v) is 32.8. The normalized spacial score (nSPS) is 11.2. The predicted octanol–water partition coefficient (Wildman–Crippen LogP) is 4.34. The molecule has 0 aliphatic carbocycles. The van der Waals surface area contributed by atoms with Crippen molar-refractivity contribution in [2.75, 3.05) is 120 Å². The maximum Gasteiger partial charge on any atom is 0.224 e. The van der Waals surface area contributed by atoms with Gasteiger partial charge in [-0.25, -0.2) is 0 Å². The fourth-order valence-electron chi connectivity index (χ4n) is 5.07. The summed E-state index contributed by atoms with van der Waals surface area (Å²) in [4.78, 5) is 40.1. The van der Waals surface area contributed by atoms with Gasteiger partial charge in [-0.2, -0.15) is 0 Å². The number of likely N-dealkylation sites (N-methyl/N-ethyl adjacent to an activating group) is 2. The van der Waals surface area contributed by atoms with Crippen molar-refractivity contribution in [3.8, 4) is 0 Å². The average Bonchev–Trinajstić information content (AvgIpc) is 3.13. The number of unbranched alkanes of at least 4 members (excludes halogenated alkanes) is 12. The van der Waals surface area contributed by atoms with E-state index in [1.54, 1.807) is 16.8 Å². The van der Waals surface area contributed by atoms with Gasteiger partial charge in [0.25, 0.3) is 0 Å². The van der Waals surface area contributed by atoms with Crippen LogP contribution in [0.4, 0.5) is 0 Å². The Balaban J connectivity index is 3.50. The molecule has 0 fully saturated rings. The molecule has 3 N–H and O–H groups in total. The first-order valence-electron chi connectivity index (χ1n) is 19.8. The molecule has 0 atom stereocenters. The summed E-state index contributed by atoms with van der Waals surface area (Å²) in [6.45, 7) is 9.29. The van der Waals surface area contributed by atoms with Crippen molar-refractivity contribution >= 4 is 17.7 Å². The number of hydrogen-bond donors (Lipinski definition) is 2. The van der Waals surface area contributed by atoms with Gasteiger partial charge in [-0.3, -0.25) is 14.4 Å². The van der Waals surface area contributed by atoms with Gasteiger partial charge < -0.3 is 49.3 Å². The van der Waals surface area contributed by atoms with E-state index < -0.39 is 0 Å². The Morgan fingerprint density at radius 3 is 1.31 bits per heavy atom. The van der Waals surface area contributed by atoms with Crippen LogP contribution in [0.3, 0.4) is 0 Å². The van der Waals surface area contributed by atoms with Crippen LogP contribution < -0.4 is 11.1 Å². The van der Waals surface area contributed by atoms with Crippen LogP contribution in [-0.2, 0) is 42.8 Å². The molecule has 0 bridgehead atoms. The first kappa shape index (κ1) is 49.1. The van der Waals surface area contributed by atoms with Crippen LogP contribution in [-0.4, -0.2) is 147 Å². The molecular formula is C38H76N4O9. The molecule has 0 unspecified atom stereocenters. The lowest BCUT2D eigenvalue weighted by Gasteiger charge is -2.22. The van der Waals surface area contributed by atoms with Gasteiger partial charge in [-0.15, -0.1) is 0 Å². The van der Waals surface area contributed by atoms with Crippen molar-refractivity contribution in [2.24, 2.45) is 5.73 Å². The maximum absolute atomic E-state index is 12.5. The highest BCUT2D eigenvalue weighted by molar-refractivity contribution is 5.77. The summed E-state index contributed by atoms with van der Waals surface area (Å²) < 4.78 is 32.4. The third-order valence-electron chi connectivity index (χ3n) is 8.37. The van der Waals surface area contributed by atoms with E-state index in [9.17, 15) is 14.4 Å². The molecule has 3 amide bonds. The van der Waals surface area contributed by atoms with Crippen LogP contribution in [0.25, 0.3) is 0 Å². The van der Waals surface area contributed by atoms with Gasteiger partial charge in [0.1, 0.15) is 0 Å². The van der Waals surface area contributed by atoms with Gasteiger partial charge in [0.2, 0.25) is 17.7 Å². The second-order valence-electron chi connectivity index (χ2n) is 12.9. The van der Waals surface area contributed by atoms with E-state index in [2.05, 4.69) is 12.2 Å². The minimum atomic E-state index is -0.0920. The zero-order chi connectivity index (χ0) is 37.5. The molecule has 51 heavy (non-hydrogen) atoms. The highest BCUT2D eigenvalue weighted by Crippen LogP contribution is 2.13. The smallest absolute Gasteiger partial charge is 0.224 e. The molecule has 0 heterocycles. The summed E-state index contributed by atoms with van der Waals surface area (Å²) in [5.74, 6) is 0.0500. The monoisotopic (exact) mass is 733 g/mol. The van der Waals surface area contributed by atoms with E-state index in [-0.39, 0.29) is 30.6 Å². The molecule has 13 nitrogen and oxygen atoms in total. The Labute approximate surface area is 310 Å². The standard InChI is InChI=1S/C38H76N4O9/c1-4-5-6-7-8-9-10-11-12-13-14-15-16-17-37(44)41(2)22-23-42(3)38(45)19-25-47-29-33-51-35-31-49-27-21-40-36(43)18-24-46-28-32-50-34-30-48-26-20-39/h4-35,39H2,1-3H3,(H,40,43). The number of carbonyl (C=O) groups is 3. The van der Waals surface area contributed by atoms with Gasteiger partial charge in [-0.1, -0.05) is 84.0 Å². The van der Waals surface area contributed by atoms with E-state index in [4.69, 9.17) is 34.2 Å². The Bertz CT molecular complexity index is 794. The van der Waals surface area contributed by atoms with Crippen molar-refractivity contribution in [1.29, 1.82) is 0 Å². The SMILES string of the molecule is CCCCCCCCCCCCCCCC(=O)N(C)CCN(C)C(=O)CCOCCOCCOCCNC(=O)CCOCCOCCOCCN. The van der Waals surface area contributed by atoms with Gasteiger partial charge in [0, 0.05) is 53.1 Å². The van der Waals surface area contributed by atoms with Crippen molar-refractivity contribution in [3.63, 3.8) is 0 Å². The molecule has 0 aromatic heterocycles. The van der Waals surface area contributed by atoms with E-state index in [1.165, 1.54) is 70.6 Å². The Morgan fingerprint density at radius 2 is 0.843 bits per heavy atom. The molecule has 0 saturated carbocycles. The second kappa shape index (κ2) is 39.3. The van der Waals surface area contributed by atoms with Crippen LogP contribution in [0.5, 0.6) is 0 Å². The molecular weight excluding hydrogens is 656 g/mol.